The second-order valence-electron chi connectivity index (χ2n) is 8.79. The van der Waals surface area contributed by atoms with Gasteiger partial charge in [-0.05, 0) is 51.4 Å². The summed E-state index contributed by atoms with van der Waals surface area (Å²) in [5.41, 5.74) is 1.49. The van der Waals surface area contributed by atoms with E-state index in [1.165, 1.54) is 63.4 Å². The van der Waals surface area contributed by atoms with Crippen molar-refractivity contribution in [3.63, 3.8) is 0 Å². The fraction of sp³-hybridized carbons (Fsp3) is 0.913. The summed E-state index contributed by atoms with van der Waals surface area (Å²) in [6.45, 7) is 16.7. The Bertz CT molecular complexity index is 303. The summed E-state index contributed by atoms with van der Waals surface area (Å²) >= 11 is 0. The van der Waals surface area contributed by atoms with Crippen LogP contribution in [0.25, 0.3) is 0 Å². The predicted octanol–water partition coefficient (Wildman–Crippen LogP) is 7.80. The molecule has 0 saturated heterocycles. The Morgan fingerprint density at radius 2 is 1.25 bits per heavy atom. The summed E-state index contributed by atoms with van der Waals surface area (Å²) < 4.78 is 5.58. The van der Waals surface area contributed by atoms with Gasteiger partial charge in [0.05, 0.1) is 12.7 Å². The molecule has 1 nitrogen and oxygen atoms in total. The number of rotatable bonds is 15. The van der Waals surface area contributed by atoms with Crippen LogP contribution in [0.4, 0.5) is 0 Å². The van der Waals surface area contributed by atoms with Gasteiger partial charge in [-0.1, -0.05) is 84.3 Å². The molecule has 2 atom stereocenters. The molecule has 0 aliphatic carbocycles. The van der Waals surface area contributed by atoms with Crippen LogP contribution in [0.2, 0.25) is 0 Å². The van der Waals surface area contributed by atoms with Gasteiger partial charge >= 0.3 is 0 Å². The number of allylic oxidation sites excluding steroid dienone is 1. The van der Waals surface area contributed by atoms with Crippen LogP contribution in [-0.4, -0.2) is 12.7 Å². The zero-order valence-electron chi connectivity index (χ0n) is 17.9. The molecule has 0 fully saturated rings. The highest BCUT2D eigenvalue weighted by Gasteiger charge is 2.06. The first-order valence-electron chi connectivity index (χ1n) is 10.6. The Labute approximate surface area is 153 Å². The summed E-state index contributed by atoms with van der Waals surface area (Å²) in [6, 6.07) is 0. The maximum absolute atomic E-state index is 5.58. The summed E-state index contributed by atoms with van der Waals surface area (Å²) in [4.78, 5) is 0. The quantitative estimate of drug-likeness (QED) is 0.277. The van der Waals surface area contributed by atoms with Gasteiger partial charge in [0.2, 0.25) is 0 Å². The lowest BCUT2D eigenvalue weighted by Crippen LogP contribution is -2.02. The molecule has 0 saturated carbocycles. The molecule has 0 aromatic rings. The largest absolute Gasteiger partial charge is 0.375 e. The van der Waals surface area contributed by atoms with Crippen LogP contribution in [0.1, 0.15) is 106 Å². The Kier molecular flexibility index (Phi) is 14.8. The van der Waals surface area contributed by atoms with E-state index in [4.69, 9.17) is 4.74 Å². The normalized spacial score (nSPS) is 15.3. The van der Waals surface area contributed by atoms with Crippen molar-refractivity contribution in [3.05, 3.63) is 11.6 Å². The molecule has 0 N–H and O–H groups in total. The highest BCUT2D eigenvalue weighted by molar-refractivity contribution is 4.97. The van der Waals surface area contributed by atoms with Crippen molar-refractivity contribution >= 4 is 0 Å². The smallest absolute Gasteiger partial charge is 0.0653 e. The van der Waals surface area contributed by atoms with E-state index < -0.39 is 0 Å². The van der Waals surface area contributed by atoms with E-state index in [0.717, 1.165) is 24.4 Å². The average Bonchev–Trinajstić information content (AvgIpc) is 2.46. The molecule has 0 rings (SSSR count). The molecule has 0 radical (unpaired) electrons. The topological polar surface area (TPSA) is 9.23 Å². The lowest BCUT2D eigenvalue weighted by atomic mass is 9.91. The van der Waals surface area contributed by atoms with Gasteiger partial charge in [0.25, 0.3) is 0 Å². The van der Waals surface area contributed by atoms with Gasteiger partial charge < -0.3 is 4.74 Å². The molecule has 144 valence electrons. The van der Waals surface area contributed by atoms with Gasteiger partial charge in [-0.3, -0.25) is 0 Å². The van der Waals surface area contributed by atoms with Crippen LogP contribution in [0.5, 0.6) is 0 Å². The average molecular weight is 339 g/mol. The van der Waals surface area contributed by atoms with Gasteiger partial charge in [-0.2, -0.15) is 0 Å². The van der Waals surface area contributed by atoms with Crippen molar-refractivity contribution in [3.8, 4) is 0 Å². The van der Waals surface area contributed by atoms with Crippen molar-refractivity contribution in [1.82, 2.24) is 0 Å². The fourth-order valence-corrected chi connectivity index (χ4v) is 3.19. The summed E-state index contributed by atoms with van der Waals surface area (Å²) in [5.74, 6) is 2.67. The molecule has 1 heteroatoms. The molecule has 0 aromatic carbocycles. The number of hydrogen-bond donors (Lipinski definition) is 0. The lowest BCUT2D eigenvalue weighted by Gasteiger charge is -2.15. The molecule has 24 heavy (non-hydrogen) atoms. The van der Waals surface area contributed by atoms with Crippen molar-refractivity contribution in [2.75, 3.05) is 6.61 Å². The number of ether oxygens (including phenoxy) is 1. The molecule has 0 aliphatic heterocycles. The third kappa shape index (κ3) is 16.6. The van der Waals surface area contributed by atoms with E-state index >= 15 is 0 Å². The molecule has 0 bridgehead atoms. The lowest BCUT2D eigenvalue weighted by molar-refractivity contribution is 0.102. The molecular weight excluding hydrogens is 292 g/mol. The van der Waals surface area contributed by atoms with Gasteiger partial charge in [0, 0.05) is 0 Å². The zero-order valence-corrected chi connectivity index (χ0v) is 17.9. The minimum Gasteiger partial charge on any atom is -0.375 e. The zero-order chi connectivity index (χ0) is 18.4. The second-order valence-corrected chi connectivity index (χ2v) is 8.79. The molecule has 0 heterocycles. The Morgan fingerprint density at radius 3 is 1.75 bits per heavy atom. The fourth-order valence-electron chi connectivity index (χ4n) is 3.19. The minimum atomic E-state index is 0.335. The van der Waals surface area contributed by atoms with Crippen LogP contribution < -0.4 is 0 Å². The maximum atomic E-state index is 5.58. The van der Waals surface area contributed by atoms with E-state index in [9.17, 15) is 0 Å². The standard InChI is InChI=1S/C23H46O/c1-19(2)11-8-12-21(5)13-9-14-22(6)15-10-16-23(7)17-18-24-20(3)4/h17,19-22H,8-16,18H2,1-7H3/b23-17+/t21-,22-/m1/s1. The third-order valence-corrected chi connectivity index (χ3v) is 5.00. The first-order valence-corrected chi connectivity index (χ1v) is 10.6. The van der Waals surface area contributed by atoms with Gasteiger partial charge in [0.1, 0.15) is 0 Å². The van der Waals surface area contributed by atoms with Crippen molar-refractivity contribution in [1.29, 1.82) is 0 Å². The maximum Gasteiger partial charge on any atom is 0.0653 e. The van der Waals surface area contributed by atoms with E-state index in [0.29, 0.717) is 6.10 Å². The summed E-state index contributed by atoms with van der Waals surface area (Å²) in [7, 11) is 0. The molecule has 0 spiro atoms. The molecular formula is C23H46O. The van der Waals surface area contributed by atoms with Crippen molar-refractivity contribution in [2.45, 2.75) is 112 Å². The van der Waals surface area contributed by atoms with Crippen LogP contribution in [-0.2, 0) is 4.74 Å². The SMILES string of the molecule is C/C(=C\COC(C)C)CCC[C@H](C)CCC[C@H](C)CCCC(C)C. The second kappa shape index (κ2) is 15.0. The Balaban J connectivity index is 3.60. The van der Waals surface area contributed by atoms with Crippen LogP contribution in [0.3, 0.4) is 0 Å². The van der Waals surface area contributed by atoms with E-state index in [-0.39, 0.29) is 0 Å². The van der Waals surface area contributed by atoms with Crippen molar-refractivity contribution < 1.29 is 4.74 Å². The van der Waals surface area contributed by atoms with Crippen molar-refractivity contribution in [2.24, 2.45) is 17.8 Å². The molecule has 0 amide bonds. The molecule has 0 aliphatic rings. The predicted molar refractivity (Wildman–Crippen MR) is 110 cm³/mol. The highest BCUT2D eigenvalue weighted by atomic mass is 16.5. The van der Waals surface area contributed by atoms with Gasteiger partial charge in [-0.25, -0.2) is 0 Å². The van der Waals surface area contributed by atoms with Gasteiger partial charge in [0.15, 0.2) is 0 Å². The van der Waals surface area contributed by atoms with E-state index in [1.807, 2.05) is 0 Å². The molecule has 0 unspecified atom stereocenters. The summed E-state index contributed by atoms with van der Waals surface area (Å²) in [5, 5.41) is 0. The Hall–Kier alpha value is -0.300. The monoisotopic (exact) mass is 338 g/mol. The Morgan fingerprint density at radius 1 is 0.750 bits per heavy atom. The first kappa shape index (κ1) is 23.7. The number of hydrogen-bond acceptors (Lipinski definition) is 1. The van der Waals surface area contributed by atoms with Crippen LogP contribution in [0.15, 0.2) is 11.6 Å². The van der Waals surface area contributed by atoms with Gasteiger partial charge in [-0.15, -0.1) is 0 Å². The highest BCUT2D eigenvalue weighted by Crippen LogP contribution is 2.22. The van der Waals surface area contributed by atoms with E-state index in [1.54, 1.807) is 0 Å². The van der Waals surface area contributed by atoms with Crippen LogP contribution in [0, 0.1) is 17.8 Å². The minimum absolute atomic E-state index is 0.335. The third-order valence-electron chi connectivity index (χ3n) is 5.00. The molecule has 0 aromatic heterocycles. The van der Waals surface area contributed by atoms with Crippen LogP contribution >= 0.6 is 0 Å². The summed E-state index contributed by atoms with van der Waals surface area (Å²) in [6.07, 6.45) is 15.0. The first-order chi connectivity index (χ1) is 11.3. The van der Waals surface area contributed by atoms with E-state index in [2.05, 4.69) is 54.5 Å².